The minimum absolute atomic E-state index is 0.118. The molecule has 1 aliphatic rings. The van der Waals surface area contributed by atoms with Gasteiger partial charge in [-0.15, -0.1) is 0 Å². The number of hydrogen-bond donors (Lipinski definition) is 6. The number of nitrogens with one attached hydrogen (secondary N) is 1. The fourth-order valence-electron chi connectivity index (χ4n) is 10.6. The Balaban J connectivity index is 2.58. The van der Waals surface area contributed by atoms with E-state index < -0.39 is 67.4 Å². The maximum absolute atomic E-state index is 13.5. The first-order valence-corrected chi connectivity index (χ1v) is 34.7. The third-order valence-electron chi connectivity index (χ3n) is 16.1. The van der Waals surface area contributed by atoms with Crippen LogP contribution in [0.2, 0.25) is 0 Å². The van der Waals surface area contributed by atoms with E-state index in [0.29, 0.717) is 12.8 Å². The molecule has 482 valence electrons. The zero-order chi connectivity index (χ0) is 60.3. The molecule has 8 unspecified atom stereocenters. The van der Waals surface area contributed by atoms with E-state index in [1.165, 1.54) is 173 Å². The molecule has 1 aliphatic heterocycles. The number of rotatable bonds is 59. The molecule has 1 amide bonds. The lowest BCUT2D eigenvalue weighted by Crippen LogP contribution is -2.61. The fraction of sp³-hybridized carbons (Fsp3) is 0.806. The van der Waals surface area contributed by atoms with Crippen LogP contribution in [-0.4, -0.2) is 99.6 Å². The molecule has 11 nitrogen and oxygen atoms in total. The normalized spacial score (nSPS) is 19.0. The van der Waals surface area contributed by atoms with Gasteiger partial charge in [-0.2, -0.15) is 0 Å². The highest BCUT2D eigenvalue weighted by molar-refractivity contribution is 5.80. The Labute approximate surface area is 509 Å². The van der Waals surface area contributed by atoms with Crippen LogP contribution >= 0.6 is 0 Å². The fourth-order valence-corrected chi connectivity index (χ4v) is 10.6. The Morgan fingerprint density at radius 1 is 0.470 bits per heavy atom. The summed E-state index contributed by atoms with van der Waals surface area (Å²) in [6.45, 7) is 5.75. The summed E-state index contributed by atoms with van der Waals surface area (Å²) in [5, 5.41) is 57.2. The van der Waals surface area contributed by atoms with Crippen LogP contribution < -0.4 is 5.32 Å². The number of carbonyl (C=O) groups excluding carboxylic acids is 2. The summed E-state index contributed by atoms with van der Waals surface area (Å²) in [7, 11) is 0. The molecular weight excluding hydrogens is 1040 g/mol. The molecule has 1 saturated heterocycles. The summed E-state index contributed by atoms with van der Waals surface area (Å²) >= 11 is 0. The first-order valence-electron chi connectivity index (χ1n) is 34.7. The summed E-state index contributed by atoms with van der Waals surface area (Å²) in [6, 6.07) is -1.03. The van der Waals surface area contributed by atoms with Gasteiger partial charge in [-0.25, -0.2) is 0 Å². The molecule has 0 bridgehead atoms. The molecule has 1 rings (SSSR count). The van der Waals surface area contributed by atoms with E-state index >= 15 is 0 Å². The summed E-state index contributed by atoms with van der Waals surface area (Å²) in [5.74, 6) is -1.20. The van der Waals surface area contributed by atoms with E-state index in [2.05, 4.69) is 86.8 Å². The first kappa shape index (κ1) is 78.1. The average Bonchev–Trinajstić information content (AvgIpc) is 3.52. The zero-order valence-electron chi connectivity index (χ0n) is 53.6. The molecule has 83 heavy (non-hydrogen) atoms. The van der Waals surface area contributed by atoms with Crippen LogP contribution in [0.5, 0.6) is 0 Å². The summed E-state index contributed by atoms with van der Waals surface area (Å²) in [6.07, 6.45) is 66.5. The van der Waals surface area contributed by atoms with Gasteiger partial charge in [0.1, 0.15) is 24.4 Å². The van der Waals surface area contributed by atoms with E-state index in [1.807, 2.05) is 6.08 Å². The number of unbranched alkanes of at least 4 members (excludes halogenated alkanes) is 35. The number of aliphatic hydroxyl groups is 5. The number of amides is 1. The smallest absolute Gasteiger partial charge is 0.306 e. The SMILES string of the molecule is CCCCC/C=C\C/C=C\C/C=C\CCCCCCCCCCCCCC(O)C(=O)NC(COC1OC(CO)C(O)C(O)C1OC(=O)CCCCCCCCCCC/C=C\C/C=C\CCCCC)C(O)/C=C/CCCCCCCCCCC. The monoisotopic (exact) mass is 1170 g/mol. The third kappa shape index (κ3) is 46.9. The maximum atomic E-state index is 13.5. The van der Waals surface area contributed by atoms with Gasteiger partial charge in [0, 0.05) is 6.42 Å². The topological polar surface area (TPSA) is 175 Å². The van der Waals surface area contributed by atoms with Gasteiger partial charge >= 0.3 is 5.97 Å². The largest absolute Gasteiger partial charge is 0.454 e. The number of allylic oxidation sites excluding steroid dienone is 11. The Morgan fingerprint density at radius 2 is 0.831 bits per heavy atom. The van der Waals surface area contributed by atoms with Crippen molar-refractivity contribution in [1.82, 2.24) is 5.32 Å². The quantitative estimate of drug-likeness (QED) is 0.0195. The van der Waals surface area contributed by atoms with E-state index in [4.69, 9.17) is 14.2 Å². The average molecular weight is 1170 g/mol. The highest BCUT2D eigenvalue weighted by Gasteiger charge is 2.47. The van der Waals surface area contributed by atoms with Crippen LogP contribution in [0.4, 0.5) is 0 Å². The number of ether oxygens (including phenoxy) is 3. The third-order valence-corrected chi connectivity index (χ3v) is 16.1. The molecule has 0 saturated carbocycles. The predicted octanol–water partition coefficient (Wildman–Crippen LogP) is 17.5. The molecule has 0 aliphatic carbocycles. The van der Waals surface area contributed by atoms with Crippen molar-refractivity contribution in [3.63, 3.8) is 0 Å². The molecule has 0 spiro atoms. The standard InChI is InChI=1S/C72H129NO10/c1-4-7-10-13-16-19-22-24-26-28-30-31-32-33-34-36-37-39-41-44-47-50-53-56-59-65(76)71(80)73-63(64(75)58-55-52-49-46-43-21-18-15-12-9-6-3)62-81-72-70(69(79)68(78)66(61-74)82-72)83-67(77)60-57-54-51-48-45-42-40-38-35-29-27-25-23-20-17-14-11-8-5-2/h16-17,19-20,24-27,30-31,55,58,63-66,68-70,72,74-76,78-79H,4-15,18,21-23,28-29,32-54,56-57,59-62H2,1-3H3,(H,73,80)/b19-16-,20-17-,26-24-,27-25-,31-30-,58-55+. The molecule has 0 aromatic heterocycles. The molecule has 0 aromatic rings. The number of carbonyl (C=O) groups is 2. The van der Waals surface area contributed by atoms with Gasteiger partial charge < -0.3 is 45.1 Å². The lowest BCUT2D eigenvalue weighted by Gasteiger charge is -2.41. The molecule has 1 fully saturated rings. The van der Waals surface area contributed by atoms with Crippen LogP contribution in [0.25, 0.3) is 0 Å². The Kier molecular flexibility index (Phi) is 55.9. The van der Waals surface area contributed by atoms with Gasteiger partial charge in [0.15, 0.2) is 12.4 Å². The molecule has 1 heterocycles. The van der Waals surface area contributed by atoms with Gasteiger partial charge in [-0.05, 0) is 96.3 Å². The van der Waals surface area contributed by atoms with E-state index in [-0.39, 0.29) is 19.4 Å². The lowest BCUT2D eigenvalue weighted by atomic mass is 9.99. The van der Waals surface area contributed by atoms with Crippen LogP contribution in [0.1, 0.15) is 310 Å². The summed E-state index contributed by atoms with van der Waals surface area (Å²) in [4.78, 5) is 26.6. The maximum Gasteiger partial charge on any atom is 0.306 e. The zero-order valence-corrected chi connectivity index (χ0v) is 53.6. The molecule has 8 atom stereocenters. The van der Waals surface area contributed by atoms with Crippen molar-refractivity contribution >= 4 is 11.9 Å². The Hall–Kier alpha value is -2.90. The van der Waals surface area contributed by atoms with Crippen LogP contribution in [-0.2, 0) is 23.8 Å². The number of esters is 1. The molecule has 11 heteroatoms. The van der Waals surface area contributed by atoms with E-state index in [1.54, 1.807) is 6.08 Å². The van der Waals surface area contributed by atoms with Crippen molar-refractivity contribution in [2.75, 3.05) is 13.2 Å². The van der Waals surface area contributed by atoms with Gasteiger partial charge in [0.2, 0.25) is 5.91 Å². The second kappa shape index (κ2) is 59.4. The van der Waals surface area contributed by atoms with Crippen LogP contribution in [0.15, 0.2) is 72.9 Å². The predicted molar refractivity (Wildman–Crippen MR) is 347 cm³/mol. The summed E-state index contributed by atoms with van der Waals surface area (Å²) < 4.78 is 17.7. The number of hydrogen-bond acceptors (Lipinski definition) is 10. The molecule has 0 aromatic carbocycles. The Morgan fingerprint density at radius 3 is 1.27 bits per heavy atom. The molecular formula is C72H129NO10. The van der Waals surface area contributed by atoms with Crippen LogP contribution in [0, 0.1) is 0 Å². The van der Waals surface area contributed by atoms with Gasteiger partial charge in [-0.1, -0.05) is 280 Å². The lowest BCUT2D eigenvalue weighted by molar-refractivity contribution is -0.305. The highest BCUT2D eigenvalue weighted by Crippen LogP contribution is 2.26. The minimum Gasteiger partial charge on any atom is -0.454 e. The number of aliphatic hydroxyl groups excluding tert-OH is 5. The minimum atomic E-state index is -1.62. The second-order valence-electron chi connectivity index (χ2n) is 23.9. The van der Waals surface area contributed by atoms with Crippen LogP contribution in [0.3, 0.4) is 0 Å². The van der Waals surface area contributed by atoms with Gasteiger partial charge in [-0.3, -0.25) is 9.59 Å². The second-order valence-corrected chi connectivity index (χ2v) is 23.9. The molecule has 0 radical (unpaired) electrons. The van der Waals surface area contributed by atoms with Crippen molar-refractivity contribution in [3.05, 3.63) is 72.9 Å². The highest BCUT2D eigenvalue weighted by atomic mass is 16.7. The van der Waals surface area contributed by atoms with Gasteiger partial charge in [0.25, 0.3) is 0 Å². The van der Waals surface area contributed by atoms with E-state index in [9.17, 15) is 35.1 Å². The van der Waals surface area contributed by atoms with Crippen molar-refractivity contribution < 1.29 is 49.3 Å². The Bertz CT molecular complexity index is 1630. The van der Waals surface area contributed by atoms with Crippen molar-refractivity contribution in [2.45, 2.75) is 359 Å². The molecule has 6 N–H and O–H groups in total. The van der Waals surface area contributed by atoms with Crippen molar-refractivity contribution in [2.24, 2.45) is 0 Å². The van der Waals surface area contributed by atoms with Gasteiger partial charge in [0.05, 0.1) is 25.4 Å². The first-order chi connectivity index (χ1) is 40.7. The van der Waals surface area contributed by atoms with Crippen molar-refractivity contribution in [1.29, 1.82) is 0 Å². The van der Waals surface area contributed by atoms with E-state index in [0.717, 1.165) is 89.9 Å². The summed E-state index contributed by atoms with van der Waals surface area (Å²) in [5.41, 5.74) is 0. The van der Waals surface area contributed by atoms with Crippen molar-refractivity contribution in [3.8, 4) is 0 Å².